The Balaban J connectivity index is 1.84. The summed E-state index contributed by atoms with van der Waals surface area (Å²) in [6, 6.07) is 20.9. The maximum atomic E-state index is 11.6. The van der Waals surface area contributed by atoms with E-state index >= 15 is 0 Å². The van der Waals surface area contributed by atoms with Gasteiger partial charge in [-0.05, 0) is 44.9 Å². The van der Waals surface area contributed by atoms with Gasteiger partial charge in [0.05, 0.1) is 6.04 Å². The Morgan fingerprint density at radius 1 is 0.920 bits per heavy atom. The van der Waals surface area contributed by atoms with Crippen LogP contribution < -0.4 is 10.6 Å². The van der Waals surface area contributed by atoms with Crippen LogP contribution in [0.5, 0.6) is 0 Å². The fourth-order valence-electron chi connectivity index (χ4n) is 2.56. The Kier molecular flexibility index (Phi) is 7.02. The van der Waals surface area contributed by atoms with Crippen LogP contribution >= 0.6 is 0 Å². The number of hydrogen-bond acceptors (Lipinski definition) is 3. The van der Waals surface area contributed by atoms with Crippen LogP contribution in [0.15, 0.2) is 60.7 Å². The smallest absolute Gasteiger partial charge is 0.407 e. The van der Waals surface area contributed by atoms with E-state index in [2.05, 4.69) is 59.2 Å². The number of rotatable bonds is 7. The molecule has 4 nitrogen and oxygen atoms in total. The van der Waals surface area contributed by atoms with Gasteiger partial charge in [0.15, 0.2) is 0 Å². The fraction of sp³-hybridized carbons (Fsp3) is 0.381. The molecule has 0 aromatic heterocycles. The van der Waals surface area contributed by atoms with E-state index < -0.39 is 5.60 Å². The summed E-state index contributed by atoms with van der Waals surface area (Å²) in [6.07, 6.45) is 0.463. The number of hydrogen-bond donors (Lipinski definition) is 2. The zero-order chi connectivity index (χ0) is 18.1. The van der Waals surface area contributed by atoms with Crippen molar-refractivity contribution in [2.75, 3.05) is 13.1 Å². The van der Waals surface area contributed by atoms with Gasteiger partial charge in [-0.2, -0.15) is 0 Å². The van der Waals surface area contributed by atoms with E-state index in [4.69, 9.17) is 4.74 Å². The summed E-state index contributed by atoms with van der Waals surface area (Å²) in [5.41, 5.74) is 2.00. The molecule has 0 unspecified atom stereocenters. The molecule has 0 atom stereocenters. The molecule has 0 aliphatic rings. The van der Waals surface area contributed by atoms with E-state index in [0.29, 0.717) is 6.54 Å². The number of nitrogens with one attached hydrogen (secondary N) is 2. The lowest BCUT2D eigenvalue weighted by Gasteiger charge is -2.21. The molecule has 0 aliphatic heterocycles. The van der Waals surface area contributed by atoms with Crippen LogP contribution in [-0.4, -0.2) is 24.8 Å². The SMILES string of the molecule is CC(C)(C)OC(=O)NCCCNC(c1ccccc1)c1ccccc1. The second-order valence-corrected chi connectivity index (χ2v) is 6.99. The summed E-state index contributed by atoms with van der Waals surface area (Å²) >= 11 is 0. The monoisotopic (exact) mass is 340 g/mol. The molecule has 0 saturated carbocycles. The van der Waals surface area contributed by atoms with Crippen molar-refractivity contribution in [2.45, 2.75) is 38.8 Å². The molecule has 0 bridgehead atoms. The second kappa shape index (κ2) is 9.23. The predicted molar refractivity (Wildman–Crippen MR) is 102 cm³/mol. The van der Waals surface area contributed by atoms with E-state index in [1.54, 1.807) is 0 Å². The first kappa shape index (κ1) is 19.0. The van der Waals surface area contributed by atoms with Crippen LogP contribution in [0.4, 0.5) is 4.79 Å². The summed E-state index contributed by atoms with van der Waals surface area (Å²) < 4.78 is 5.23. The zero-order valence-corrected chi connectivity index (χ0v) is 15.3. The highest BCUT2D eigenvalue weighted by molar-refractivity contribution is 5.67. The first-order chi connectivity index (χ1) is 12.0. The first-order valence-corrected chi connectivity index (χ1v) is 8.76. The molecule has 2 rings (SSSR count). The summed E-state index contributed by atoms with van der Waals surface area (Å²) in [4.78, 5) is 11.6. The van der Waals surface area contributed by atoms with Gasteiger partial charge in [0, 0.05) is 6.54 Å². The van der Waals surface area contributed by atoms with E-state index in [1.165, 1.54) is 11.1 Å². The van der Waals surface area contributed by atoms with Gasteiger partial charge >= 0.3 is 6.09 Å². The maximum Gasteiger partial charge on any atom is 0.407 e. The molecular weight excluding hydrogens is 312 g/mol. The van der Waals surface area contributed by atoms with Crippen molar-refractivity contribution in [3.05, 3.63) is 71.8 Å². The minimum absolute atomic E-state index is 0.143. The largest absolute Gasteiger partial charge is 0.444 e. The molecule has 1 amide bonds. The Labute approximate surface area is 150 Å². The first-order valence-electron chi connectivity index (χ1n) is 8.76. The summed E-state index contributed by atoms with van der Waals surface area (Å²) in [7, 11) is 0. The topological polar surface area (TPSA) is 50.4 Å². The van der Waals surface area contributed by atoms with Crippen molar-refractivity contribution in [1.29, 1.82) is 0 Å². The standard InChI is InChI=1S/C21H28N2O2/c1-21(2,3)25-20(24)23-16-10-15-22-19(17-11-6-4-7-12-17)18-13-8-5-9-14-18/h4-9,11-14,19,22H,10,15-16H2,1-3H3,(H,23,24). The van der Waals surface area contributed by atoms with Gasteiger partial charge in [-0.15, -0.1) is 0 Å². The molecule has 4 heteroatoms. The third-order valence-electron chi connectivity index (χ3n) is 3.64. The zero-order valence-electron chi connectivity index (χ0n) is 15.3. The quantitative estimate of drug-likeness (QED) is 0.740. The van der Waals surface area contributed by atoms with Gasteiger partial charge in [0.2, 0.25) is 0 Å². The van der Waals surface area contributed by atoms with Gasteiger partial charge < -0.3 is 15.4 Å². The van der Waals surface area contributed by atoms with E-state index in [0.717, 1.165) is 13.0 Å². The predicted octanol–water partition coefficient (Wildman–Crippen LogP) is 4.28. The highest BCUT2D eigenvalue weighted by Crippen LogP contribution is 2.21. The van der Waals surface area contributed by atoms with Crippen molar-refractivity contribution >= 4 is 6.09 Å². The molecule has 0 heterocycles. The van der Waals surface area contributed by atoms with Crippen LogP contribution in [0.2, 0.25) is 0 Å². The number of amides is 1. The van der Waals surface area contributed by atoms with Crippen LogP contribution in [-0.2, 0) is 4.74 Å². The third kappa shape index (κ3) is 6.98. The average Bonchev–Trinajstić information content (AvgIpc) is 2.58. The van der Waals surface area contributed by atoms with Gasteiger partial charge in [0.25, 0.3) is 0 Å². The molecule has 0 saturated heterocycles. The lowest BCUT2D eigenvalue weighted by molar-refractivity contribution is 0.0527. The Morgan fingerprint density at radius 3 is 1.92 bits per heavy atom. The molecule has 0 spiro atoms. The Bertz CT molecular complexity index is 596. The van der Waals surface area contributed by atoms with Gasteiger partial charge in [-0.1, -0.05) is 60.7 Å². The minimum atomic E-state index is -0.464. The Morgan fingerprint density at radius 2 is 1.44 bits per heavy atom. The number of carbonyl (C=O) groups excluding carboxylic acids is 1. The van der Waals surface area contributed by atoms with Crippen molar-refractivity contribution in [2.24, 2.45) is 0 Å². The van der Waals surface area contributed by atoms with Crippen LogP contribution in [0.1, 0.15) is 44.4 Å². The van der Waals surface area contributed by atoms with Crippen molar-refractivity contribution in [3.63, 3.8) is 0 Å². The molecule has 0 aliphatic carbocycles. The highest BCUT2D eigenvalue weighted by atomic mass is 16.6. The number of benzene rings is 2. The summed E-state index contributed by atoms with van der Waals surface area (Å²) in [6.45, 7) is 6.96. The van der Waals surface area contributed by atoms with E-state index in [1.807, 2.05) is 32.9 Å². The minimum Gasteiger partial charge on any atom is -0.444 e. The second-order valence-electron chi connectivity index (χ2n) is 6.99. The molecule has 0 radical (unpaired) electrons. The highest BCUT2D eigenvalue weighted by Gasteiger charge is 2.16. The average molecular weight is 340 g/mol. The number of alkyl carbamates (subject to hydrolysis) is 1. The van der Waals surface area contributed by atoms with Gasteiger partial charge in [-0.3, -0.25) is 0 Å². The van der Waals surface area contributed by atoms with Crippen LogP contribution in [0, 0.1) is 0 Å². The van der Waals surface area contributed by atoms with E-state index in [-0.39, 0.29) is 12.1 Å². The molecule has 2 aromatic carbocycles. The van der Waals surface area contributed by atoms with Crippen molar-refractivity contribution in [1.82, 2.24) is 10.6 Å². The van der Waals surface area contributed by atoms with E-state index in [9.17, 15) is 4.79 Å². The normalized spacial score (nSPS) is 11.4. The maximum absolute atomic E-state index is 11.6. The number of carbonyl (C=O) groups is 1. The Hall–Kier alpha value is -2.33. The summed E-state index contributed by atoms with van der Waals surface area (Å²) in [5, 5.41) is 6.37. The third-order valence-corrected chi connectivity index (χ3v) is 3.64. The van der Waals surface area contributed by atoms with Crippen molar-refractivity contribution < 1.29 is 9.53 Å². The molecule has 2 N–H and O–H groups in total. The molecule has 0 fully saturated rings. The van der Waals surface area contributed by atoms with Crippen LogP contribution in [0.25, 0.3) is 0 Å². The van der Waals surface area contributed by atoms with Crippen LogP contribution in [0.3, 0.4) is 0 Å². The molecular formula is C21H28N2O2. The van der Waals surface area contributed by atoms with Gasteiger partial charge in [-0.25, -0.2) is 4.79 Å². The lowest BCUT2D eigenvalue weighted by atomic mass is 9.99. The fourth-order valence-corrected chi connectivity index (χ4v) is 2.56. The van der Waals surface area contributed by atoms with Gasteiger partial charge in [0.1, 0.15) is 5.60 Å². The lowest BCUT2D eigenvalue weighted by Crippen LogP contribution is -2.34. The summed E-state index contributed by atoms with van der Waals surface area (Å²) in [5.74, 6) is 0. The molecule has 25 heavy (non-hydrogen) atoms. The van der Waals surface area contributed by atoms with Crippen molar-refractivity contribution in [3.8, 4) is 0 Å². The molecule has 134 valence electrons. The molecule has 2 aromatic rings. The number of ether oxygens (including phenoxy) is 1.